The molecule has 16 heavy (non-hydrogen) atoms. The molecule has 4 heteroatoms. The van der Waals surface area contributed by atoms with Gasteiger partial charge in [-0.25, -0.2) is 9.97 Å². The van der Waals surface area contributed by atoms with E-state index in [-0.39, 0.29) is 0 Å². The number of anilines is 1. The highest BCUT2D eigenvalue weighted by Gasteiger charge is 2.17. The lowest BCUT2D eigenvalue weighted by Crippen LogP contribution is -2.15. The first kappa shape index (κ1) is 10.0. The van der Waals surface area contributed by atoms with Crippen LogP contribution in [-0.2, 0) is 0 Å². The van der Waals surface area contributed by atoms with Gasteiger partial charge in [-0.15, -0.1) is 11.3 Å². The summed E-state index contributed by atoms with van der Waals surface area (Å²) in [7, 11) is 0. The van der Waals surface area contributed by atoms with E-state index in [9.17, 15) is 0 Å². The van der Waals surface area contributed by atoms with E-state index in [1.165, 1.54) is 35.9 Å². The molecule has 0 unspecified atom stereocenters. The SMILES string of the molecule is Cc1csc2c(NC3CCCC3)ncnc12. The molecule has 0 aromatic carbocycles. The van der Waals surface area contributed by atoms with E-state index < -0.39 is 0 Å². The lowest BCUT2D eigenvalue weighted by molar-refractivity contribution is 0.752. The van der Waals surface area contributed by atoms with Gasteiger partial charge in [-0.05, 0) is 30.7 Å². The molecule has 84 valence electrons. The molecule has 1 N–H and O–H groups in total. The Hall–Kier alpha value is -1.16. The molecule has 1 aliphatic carbocycles. The van der Waals surface area contributed by atoms with Crippen molar-refractivity contribution in [1.29, 1.82) is 0 Å². The number of thiophene rings is 1. The summed E-state index contributed by atoms with van der Waals surface area (Å²) in [5.41, 5.74) is 2.34. The zero-order chi connectivity index (χ0) is 11.0. The number of nitrogens with one attached hydrogen (secondary N) is 1. The van der Waals surface area contributed by atoms with Crippen molar-refractivity contribution in [2.45, 2.75) is 38.6 Å². The van der Waals surface area contributed by atoms with Gasteiger partial charge in [0.15, 0.2) is 0 Å². The minimum atomic E-state index is 0.612. The lowest BCUT2D eigenvalue weighted by Gasteiger charge is -2.12. The van der Waals surface area contributed by atoms with Gasteiger partial charge in [-0.3, -0.25) is 0 Å². The number of aromatic nitrogens is 2. The fourth-order valence-electron chi connectivity index (χ4n) is 2.34. The van der Waals surface area contributed by atoms with Gasteiger partial charge in [0.1, 0.15) is 12.1 Å². The molecular formula is C12H15N3S. The van der Waals surface area contributed by atoms with Crippen LogP contribution in [0.4, 0.5) is 5.82 Å². The zero-order valence-corrected chi connectivity index (χ0v) is 10.2. The lowest BCUT2D eigenvalue weighted by atomic mass is 10.2. The zero-order valence-electron chi connectivity index (χ0n) is 9.36. The summed E-state index contributed by atoms with van der Waals surface area (Å²) in [6.45, 7) is 2.10. The molecule has 3 rings (SSSR count). The van der Waals surface area contributed by atoms with Gasteiger partial charge in [-0.1, -0.05) is 12.8 Å². The van der Waals surface area contributed by atoms with E-state index in [1.807, 2.05) is 0 Å². The summed E-state index contributed by atoms with van der Waals surface area (Å²) in [5, 5.41) is 5.71. The monoisotopic (exact) mass is 233 g/mol. The van der Waals surface area contributed by atoms with Crippen molar-refractivity contribution in [3.05, 3.63) is 17.3 Å². The van der Waals surface area contributed by atoms with E-state index in [0.717, 1.165) is 11.3 Å². The third kappa shape index (κ3) is 1.67. The summed E-state index contributed by atoms with van der Waals surface area (Å²) in [4.78, 5) is 8.71. The number of nitrogens with zero attached hydrogens (tertiary/aromatic N) is 2. The van der Waals surface area contributed by atoms with E-state index in [1.54, 1.807) is 17.7 Å². The minimum absolute atomic E-state index is 0.612. The average molecular weight is 233 g/mol. The van der Waals surface area contributed by atoms with Crippen molar-refractivity contribution in [2.75, 3.05) is 5.32 Å². The Morgan fingerprint density at radius 3 is 2.94 bits per heavy atom. The van der Waals surface area contributed by atoms with E-state index in [0.29, 0.717) is 6.04 Å². The highest BCUT2D eigenvalue weighted by molar-refractivity contribution is 7.18. The number of hydrogen-bond donors (Lipinski definition) is 1. The Bertz CT molecular complexity index is 500. The molecule has 0 amide bonds. The minimum Gasteiger partial charge on any atom is -0.366 e. The molecule has 3 nitrogen and oxygen atoms in total. The Labute approximate surface area is 98.9 Å². The Kier molecular flexibility index (Phi) is 2.52. The summed E-state index contributed by atoms with van der Waals surface area (Å²) in [6.07, 6.45) is 6.90. The largest absolute Gasteiger partial charge is 0.366 e. The predicted octanol–water partition coefficient (Wildman–Crippen LogP) is 3.35. The Morgan fingerprint density at radius 2 is 2.12 bits per heavy atom. The molecule has 2 aromatic heterocycles. The maximum atomic E-state index is 4.37. The topological polar surface area (TPSA) is 37.8 Å². The van der Waals surface area contributed by atoms with Crippen LogP contribution in [0, 0.1) is 6.92 Å². The van der Waals surface area contributed by atoms with Gasteiger partial charge < -0.3 is 5.32 Å². The highest BCUT2D eigenvalue weighted by atomic mass is 32.1. The van der Waals surface area contributed by atoms with Crippen LogP contribution in [0.15, 0.2) is 11.7 Å². The quantitative estimate of drug-likeness (QED) is 0.864. The van der Waals surface area contributed by atoms with Crippen molar-refractivity contribution >= 4 is 27.4 Å². The number of hydrogen-bond acceptors (Lipinski definition) is 4. The summed E-state index contributed by atoms with van der Waals surface area (Å²) >= 11 is 1.74. The van der Waals surface area contributed by atoms with Crippen LogP contribution in [0.2, 0.25) is 0 Å². The highest BCUT2D eigenvalue weighted by Crippen LogP contribution is 2.30. The fourth-order valence-corrected chi connectivity index (χ4v) is 3.29. The molecule has 1 saturated carbocycles. The number of rotatable bonds is 2. The van der Waals surface area contributed by atoms with Crippen molar-refractivity contribution < 1.29 is 0 Å². The van der Waals surface area contributed by atoms with Crippen LogP contribution < -0.4 is 5.32 Å². The standard InChI is InChI=1S/C12H15N3S/c1-8-6-16-11-10(8)13-7-14-12(11)15-9-4-2-3-5-9/h6-7,9H,2-5H2,1H3,(H,13,14,15). The first-order valence-electron chi connectivity index (χ1n) is 5.80. The van der Waals surface area contributed by atoms with E-state index >= 15 is 0 Å². The van der Waals surface area contributed by atoms with Gasteiger partial charge in [0.25, 0.3) is 0 Å². The molecule has 0 spiro atoms. The maximum Gasteiger partial charge on any atom is 0.147 e. The van der Waals surface area contributed by atoms with Gasteiger partial charge in [-0.2, -0.15) is 0 Å². The summed E-state index contributed by atoms with van der Waals surface area (Å²) in [6, 6.07) is 0.612. The molecule has 2 aromatic rings. The molecule has 1 aliphatic rings. The molecule has 1 fully saturated rings. The Morgan fingerprint density at radius 1 is 1.31 bits per heavy atom. The van der Waals surface area contributed by atoms with E-state index in [4.69, 9.17) is 0 Å². The second kappa shape index (κ2) is 4.01. The van der Waals surface area contributed by atoms with Crippen LogP contribution in [0.3, 0.4) is 0 Å². The van der Waals surface area contributed by atoms with Crippen LogP contribution in [0.5, 0.6) is 0 Å². The molecule has 0 atom stereocenters. The molecule has 0 saturated heterocycles. The number of fused-ring (bicyclic) bond motifs is 1. The normalized spacial score (nSPS) is 17.1. The Balaban J connectivity index is 1.96. The van der Waals surface area contributed by atoms with Gasteiger partial charge in [0.05, 0.1) is 10.2 Å². The summed E-state index contributed by atoms with van der Waals surface area (Å²) < 4.78 is 1.20. The molecule has 0 bridgehead atoms. The predicted molar refractivity (Wildman–Crippen MR) is 68.0 cm³/mol. The average Bonchev–Trinajstić information content (AvgIpc) is 2.90. The molecular weight excluding hydrogens is 218 g/mol. The molecule has 0 aliphatic heterocycles. The van der Waals surface area contributed by atoms with Gasteiger partial charge in [0, 0.05) is 6.04 Å². The number of aryl methyl sites for hydroxylation is 1. The van der Waals surface area contributed by atoms with Crippen LogP contribution >= 0.6 is 11.3 Å². The second-order valence-corrected chi connectivity index (χ2v) is 5.32. The smallest absolute Gasteiger partial charge is 0.147 e. The van der Waals surface area contributed by atoms with Crippen molar-refractivity contribution in [2.24, 2.45) is 0 Å². The third-order valence-electron chi connectivity index (χ3n) is 3.23. The summed E-state index contributed by atoms with van der Waals surface area (Å²) in [5.74, 6) is 1.02. The van der Waals surface area contributed by atoms with Crippen LogP contribution in [-0.4, -0.2) is 16.0 Å². The maximum absolute atomic E-state index is 4.37. The first-order valence-corrected chi connectivity index (χ1v) is 6.68. The van der Waals surface area contributed by atoms with Crippen LogP contribution in [0.25, 0.3) is 10.2 Å². The molecule has 0 radical (unpaired) electrons. The third-order valence-corrected chi connectivity index (χ3v) is 4.32. The van der Waals surface area contributed by atoms with Crippen LogP contribution in [0.1, 0.15) is 31.2 Å². The van der Waals surface area contributed by atoms with Crippen molar-refractivity contribution in [3.63, 3.8) is 0 Å². The fraction of sp³-hybridized carbons (Fsp3) is 0.500. The first-order chi connectivity index (χ1) is 7.84. The van der Waals surface area contributed by atoms with Crippen molar-refractivity contribution in [3.8, 4) is 0 Å². The van der Waals surface area contributed by atoms with Crippen molar-refractivity contribution in [1.82, 2.24) is 9.97 Å². The van der Waals surface area contributed by atoms with Gasteiger partial charge >= 0.3 is 0 Å². The second-order valence-electron chi connectivity index (χ2n) is 4.44. The van der Waals surface area contributed by atoms with E-state index in [2.05, 4.69) is 27.6 Å². The van der Waals surface area contributed by atoms with Gasteiger partial charge in [0.2, 0.25) is 0 Å². The molecule has 2 heterocycles.